The number of benzene rings is 1. The predicted molar refractivity (Wildman–Crippen MR) is 84.5 cm³/mol. The zero-order valence-corrected chi connectivity index (χ0v) is 12.3. The van der Waals surface area contributed by atoms with Crippen LogP contribution in [-0.2, 0) is 9.59 Å². The number of para-hydroxylation sites is 1. The van der Waals surface area contributed by atoms with Crippen molar-refractivity contribution in [3.05, 3.63) is 59.4 Å². The summed E-state index contributed by atoms with van der Waals surface area (Å²) in [4.78, 5) is 27.5. The maximum atomic E-state index is 11.8. The summed E-state index contributed by atoms with van der Waals surface area (Å²) in [6.07, 6.45) is 4.64. The van der Waals surface area contributed by atoms with E-state index in [0.29, 0.717) is 5.69 Å². The third-order valence-electron chi connectivity index (χ3n) is 2.99. The molecule has 0 aliphatic rings. The minimum Gasteiger partial charge on any atom is -0.317 e. The lowest BCUT2D eigenvalue weighted by Gasteiger charge is -2.10. The molecule has 0 aliphatic carbocycles. The fourth-order valence-electron chi connectivity index (χ4n) is 1.85. The number of hydrogen-bond acceptors (Lipinski definition) is 4. The van der Waals surface area contributed by atoms with Crippen molar-refractivity contribution in [3.8, 4) is 0 Å². The van der Waals surface area contributed by atoms with Crippen LogP contribution in [0.2, 0.25) is 0 Å². The van der Waals surface area contributed by atoms with Crippen LogP contribution in [-0.4, -0.2) is 23.0 Å². The second-order valence-electron chi connectivity index (χ2n) is 4.71. The Morgan fingerprint density at radius 3 is 2.45 bits per heavy atom. The van der Waals surface area contributed by atoms with Crippen molar-refractivity contribution in [3.63, 3.8) is 0 Å². The van der Waals surface area contributed by atoms with Crippen LogP contribution in [0.5, 0.6) is 0 Å². The molecule has 1 aromatic carbocycles. The van der Waals surface area contributed by atoms with E-state index in [1.165, 1.54) is 6.21 Å². The summed E-state index contributed by atoms with van der Waals surface area (Å²) in [5, 5.41) is 6.31. The molecule has 2 aromatic rings. The fraction of sp³-hybridized carbons (Fsp3) is 0.125. The fourth-order valence-corrected chi connectivity index (χ4v) is 1.85. The monoisotopic (exact) mass is 296 g/mol. The Kier molecular flexibility index (Phi) is 4.98. The number of nitrogens with one attached hydrogen (secondary N) is 2. The molecule has 0 spiro atoms. The van der Waals surface area contributed by atoms with Gasteiger partial charge in [0, 0.05) is 23.6 Å². The van der Waals surface area contributed by atoms with Gasteiger partial charge in [-0.25, -0.2) is 5.43 Å². The molecular weight excluding hydrogens is 280 g/mol. The number of rotatable bonds is 3. The van der Waals surface area contributed by atoms with Crippen molar-refractivity contribution in [2.24, 2.45) is 5.10 Å². The van der Waals surface area contributed by atoms with Gasteiger partial charge in [-0.1, -0.05) is 24.3 Å². The first-order valence-electron chi connectivity index (χ1n) is 6.68. The molecule has 112 valence electrons. The molecule has 1 heterocycles. The van der Waals surface area contributed by atoms with E-state index < -0.39 is 11.8 Å². The third-order valence-corrected chi connectivity index (χ3v) is 2.99. The van der Waals surface area contributed by atoms with Gasteiger partial charge in [-0.05, 0) is 31.0 Å². The molecule has 0 atom stereocenters. The van der Waals surface area contributed by atoms with E-state index in [1.54, 1.807) is 24.5 Å². The molecule has 0 saturated carbocycles. The molecule has 0 saturated heterocycles. The molecule has 2 amide bonds. The van der Waals surface area contributed by atoms with Gasteiger partial charge < -0.3 is 5.32 Å². The summed E-state index contributed by atoms with van der Waals surface area (Å²) in [6, 6.07) is 9.14. The van der Waals surface area contributed by atoms with Gasteiger partial charge >= 0.3 is 11.8 Å². The van der Waals surface area contributed by atoms with E-state index in [1.807, 2.05) is 32.0 Å². The van der Waals surface area contributed by atoms with Crippen LogP contribution >= 0.6 is 0 Å². The summed E-state index contributed by atoms with van der Waals surface area (Å²) >= 11 is 0. The summed E-state index contributed by atoms with van der Waals surface area (Å²) in [7, 11) is 0. The average Bonchev–Trinajstić information content (AvgIpc) is 2.52. The number of hydrogen-bond donors (Lipinski definition) is 2. The predicted octanol–water partition coefficient (Wildman–Crippen LogP) is 1.79. The molecule has 22 heavy (non-hydrogen) atoms. The molecule has 2 N–H and O–H groups in total. The van der Waals surface area contributed by atoms with Crippen molar-refractivity contribution < 1.29 is 9.59 Å². The maximum absolute atomic E-state index is 11.8. The quantitative estimate of drug-likeness (QED) is 0.514. The van der Waals surface area contributed by atoms with Crippen LogP contribution in [0.3, 0.4) is 0 Å². The lowest BCUT2D eigenvalue weighted by Crippen LogP contribution is -2.32. The summed E-state index contributed by atoms with van der Waals surface area (Å²) < 4.78 is 0. The molecule has 0 fully saturated rings. The highest BCUT2D eigenvalue weighted by molar-refractivity contribution is 6.39. The maximum Gasteiger partial charge on any atom is 0.329 e. The van der Waals surface area contributed by atoms with Gasteiger partial charge in [0.1, 0.15) is 0 Å². The molecule has 0 unspecified atom stereocenters. The Hall–Kier alpha value is -3.02. The third kappa shape index (κ3) is 3.99. The Morgan fingerprint density at radius 1 is 1.09 bits per heavy atom. The average molecular weight is 296 g/mol. The molecule has 0 aliphatic heterocycles. The zero-order chi connectivity index (χ0) is 15.9. The van der Waals surface area contributed by atoms with Crippen molar-refractivity contribution in [2.45, 2.75) is 13.8 Å². The number of carbonyl (C=O) groups is 2. The minimum absolute atomic E-state index is 0.638. The Balaban J connectivity index is 1.95. The van der Waals surface area contributed by atoms with Gasteiger partial charge in [-0.2, -0.15) is 5.10 Å². The molecule has 6 nitrogen and oxygen atoms in total. The van der Waals surface area contributed by atoms with Crippen molar-refractivity contribution in [1.82, 2.24) is 10.4 Å². The number of carbonyl (C=O) groups excluding carboxylic acids is 2. The highest BCUT2D eigenvalue weighted by Gasteiger charge is 2.14. The molecule has 2 rings (SSSR count). The van der Waals surface area contributed by atoms with E-state index in [9.17, 15) is 9.59 Å². The lowest BCUT2D eigenvalue weighted by atomic mass is 10.1. The Bertz CT molecular complexity index is 691. The minimum atomic E-state index is -0.831. The molecule has 0 bridgehead atoms. The van der Waals surface area contributed by atoms with Gasteiger partial charge in [-0.15, -0.1) is 0 Å². The Morgan fingerprint density at radius 2 is 1.82 bits per heavy atom. The SMILES string of the molecule is Cc1cccc(C)c1NC(=O)C(=O)N/N=C/c1cccnc1. The van der Waals surface area contributed by atoms with Crippen molar-refractivity contribution >= 4 is 23.7 Å². The number of hydrazone groups is 1. The van der Waals surface area contributed by atoms with E-state index in [0.717, 1.165) is 16.7 Å². The number of pyridine rings is 1. The van der Waals surface area contributed by atoms with E-state index in [4.69, 9.17) is 0 Å². The Labute approximate surface area is 128 Å². The first kappa shape index (κ1) is 15.4. The van der Waals surface area contributed by atoms with Crippen molar-refractivity contribution in [1.29, 1.82) is 0 Å². The number of aromatic nitrogens is 1. The standard InChI is InChI=1S/C16H16N4O2/c1-11-5-3-6-12(2)14(11)19-15(21)16(22)20-18-10-13-7-4-8-17-9-13/h3-10H,1-2H3,(H,19,21)(H,20,22)/b18-10+. The lowest BCUT2D eigenvalue weighted by molar-refractivity contribution is -0.136. The van der Waals surface area contributed by atoms with Crippen LogP contribution in [0.15, 0.2) is 47.8 Å². The van der Waals surface area contributed by atoms with Gasteiger partial charge in [0.25, 0.3) is 0 Å². The number of amides is 2. The summed E-state index contributed by atoms with van der Waals surface area (Å²) in [6.45, 7) is 3.72. The van der Waals surface area contributed by atoms with Crippen LogP contribution in [0.4, 0.5) is 5.69 Å². The van der Waals surface area contributed by atoms with Gasteiger partial charge in [0.2, 0.25) is 0 Å². The first-order valence-corrected chi connectivity index (χ1v) is 6.68. The second kappa shape index (κ2) is 7.12. The zero-order valence-electron chi connectivity index (χ0n) is 12.3. The van der Waals surface area contributed by atoms with Gasteiger partial charge in [0.15, 0.2) is 0 Å². The smallest absolute Gasteiger partial charge is 0.317 e. The van der Waals surface area contributed by atoms with Crippen LogP contribution < -0.4 is 10.7 Å². The van der Waals surface area contributed by atoms with Crippen LogP contribution in [0.25, 0.3) is 0 Å². The van der Waals surface area contributed by atoms with Crippen LogP contribution in [0, 0.1) is 13.8 Å². The highest BCUT2D eigenvalue weighted by atomic mass is 16.2. The molecule has 6 heteroatoms. The van der Waals surface area contributed by atoms with E-state index >= 15 is 0 Å². The molecular formula is C16H16N4O2. The topological polar surface area (TPSA) is 83.5 Å². The van der Waals surface area contributed by atoms with E-state index in [-0.39, 0.29) is 0 Å². The number of nitrogens with zero attached hydrogens (tertiary/aromatic N) is 2. The van der Waals surface area contributed by atoms with E-state index in [2.05, 4.69) is 20.8 Å². The van der Waals surface area contributed by atoms with Crippen LogP contribution in [0.1, 0.15) is 16.7 Å². The summed E-state index contributed by atoms with van der Waals surface area (Å²) in [5.41, 5.74) is 5.32. The number of aryl methyl sites for hydroxylation is 2. The number of anilines is 1. The van der Waals surface area contributed by atoms with Gasteiger partial charge in [-0.3, -0.25) is 14.6 Å². The van der Waals surface area contributed by atoms with Gasteiger partial charge in [0.05, 0.1) is 6.21 Å². The normalized spacial score (nSPS) is 10.5. The second-order valence-corrected chi connectivity index (χ2v) is 4.71. The molecule has 0 radical (unpaired) electrons. The first-order chi connectivity index (χ1) is 10.6. The highest BCUT2D eigenvalue weighted by Crippen LogP contribution is 2.19. The van der Waals surface area contributed by atoms with Crippen molar-refractivity contribution in [2.75, 3.05) is 5.32 Å². The largest absolute Gasteiger partial charge is 0.329 e. The molecule has 1 aromatic heterocycles. The summed E-state index contributed by atoms with van der Waals surface area (Å²) in [5.74, 6) is -1.59.